The van der Waals surface area contributed by atoms with Crippen molar-refractivity contribution in [3.8, 4) is 11.5 Å². The van der Waals surface area contributed by atoms with Gasteiger partial charge in [-0.05, 0) is 84.2 Å². The number of nitrogens with one attached hydrogen (secondary N) is 1. The predicted molar refractivity (Wildman–Crippen MR) is 140 cm³/mol. The van der Waals surface area contributed by atoms with E-state index >= 15 is 0 Å². The first kappa shape index (κ1) is 25.2. The summed E-state index contributed by atoms with van der Waals surface area (Å²) in [6.07, 6.45) is 4.84. The van der Waals surface area contributed by atoms with Gasteiger partial charge in [0.15, 0.2) is 11.5 Å². The molecule has 36 heavy (non-hydrogen) atoms. The Labute approximate surface area is 217 Å². The van der Waals surface area contributed by atoms with Crippen molar-refractivity contribution in [2.75, 3.05) is 20.6 Å². The Morgan fingerprint density at radius 3 is 2.42 bits per heavy atom. The van der Waals surface area contributed by atoms with Gasteiger partial charge in [0.25, 0.3) is 17.3 Å². The molecule has 2 aromatic rings. The highest BCUT2D eigenvalue weighted by molar-refractivity contribution is 6.34. The first-order chi connectivity index (χ1) is 17.0. The van der Waals surface area contributed by atoms with E-state index in [1.807, 2.05) is 33.8 Å². The third-order valence-corrected chi connectivity index (χ3v) is 8.84. The number of halogens is 1. The number of carbonyl (C=O) groups excluding carboxylic acids is 1. The van der Waals surface area contributed by atoms with Crippen LogP contribution in [0.1, 0.15) is 70.9 Å². The number of hydrogen-bond acceptors (Lipinski definition) is 5. The molecular formula is C28H36ClN3O4. The molecule has 2 aliphatic heterocycles. The maximum atomic E-state index is 13.7. The smallest absolute Gasteiger partial charge is 0.254 e. The van der Waals surface area contributed by atoms with Crippen molar-refractivity contribution in [1.82, 2.24) is 14.8 Å². The molecule has 194 valence electrons. The lowest BCUT2D eigenvalue weighted by Crippen LogP contribution is -2.46. The fourth-order valence-electron chi connectivity index (χ4n) is 6.23. The lowest BCUT2D eigenvalue weighted by atomic mass is 9.81. The average molecular weight is 514 g/mol. The second-order valence-corrected chi connectivity index (χ2v) is 11.4. The molecule has 3 aliphatic rings. The van der Waals surface area contributed by atoms with Crippen LogP contribution in [0.15, 0.2) is 10.9 Å². The van der Waals surface area contributed by atoms with E-state index in [9.17, 15) is 9.59 Å². The molecule has 0 spiro atoms. The summed E-state index contributed by atoms with van der Waals surface area (Å²) >= 11 is 6.88. The molecule has 1 amide bonds. The number of rotatable bonds is 4. The second kappa shape index (κ2) is 9.10. The molecule has 1 fully saturated rings. The van der Waals surface area contributed by atoms with Gasteiger partial charge in [0.05, 0.1) is 17.1 Å². The Hall–Kier alpha value is -2.51. The van der Waals surface area contributed by atoms with Crippen LogP contribution in [0.5, 0.6) is 11.5 Å². The molecule has 1 aromatic carbocycles. The van der Waals surface area contributed by atoms with Crippen molar-refractivity contribution in [3.05, 3.63) is 55.0 Å². The number of benzene rings is 1. The lowest BCUT2D eigenvalue weighted by molar-refractivity contribution is -0.123. The van der Waals surface area contributed by atoms with E-state index in [1.165, 1.54) is 0 Å². The van der Waals surface area contributed by atoms with Gasteiger partial charge in [0, 0.05) is 42.2 Å². The minimum atomic E-state index is -0.799. The monoisotopic (exact) mass is 513 g/mol. The van der Waals surface area contributed by atoms with Gasteiger partial charge in [-0.1, -0.05) is 11.6 Å². The van der Waals surface area contributed by atoms with Gasteiger partial charge in [0.2, 0.25) is 0 Å². The largest absolute Gasteiger partial charge is 0.448 e. The van der Waals surface area contributed by atoms with Gasteiger partial charge in [-0.3, -0.25) is 9.59 Å². The summed E-state index contributed by atoms with van der Waals surface area (Å²) in [4.78, 5) is 33.2. The highest BCUT2D eigenvalue weighted by Gasteiger charge is 2.48. The number of pyridine rings is 1. The minimum Gasteiger partial charge on any atom is -0.448 e. The minimum absolute atomic E-state index is 0.124. The highest BCUT2D eigenvalue weighted by atomic mass is 35.5. The van der Waals surface area contributed by atoms with Gasteiger partial charge >= 0.3 is 0 Å². The van der Waals surface area contributed by atoms with Crippen molar-refractivity contribution in [2.24, 2.45) is 5.92 Å². The SMILES string of the molecule is Cc1cc(C)c(CN2CCc3c(Cl)c4c(c(C)c3C2=O)O[C@@](C)(C2CCC(N(C)C)CC2)O4)c(=O)[nH]1. The Morgan fingerprint density at radius 1 is 1.11 bits per heavy atom. The van der Waals surface area contributed by atoms with E-state index in [2.05, 4.69) is 24.0 Å². The fraction of sp³-hybridized carbons (Fsp3) is 0.571. The maximum absolute atomic E-state index is 13.7. The number of H-pyrrole nitrogens is 1. The lowest BCUT2D eigenvalue weighted by Gasteiger charge is -2.39. The Morgan fingerprint density at radius 2 is 1.78 bits per heavy atom. The first-order valence-corrected chi connectivity index (χ1v) is 13.3. The number of hydrogen-bond donors (Lipinski definition) is 1. The molecule has 1 aromatic heterocycles. The van der Waals surface area contributed by atoms with Gasteiger partial charge in [-0.2, -0.15) is 0 Å². The number of aromatic amines is 1. The van der Waals surface area contributed by atoms with Gasteiger partial charge < -0.3 is 24.3 Å². The molecule has 7 nitrogen and oxygen atoms in total. The molecule has 0 bridgehead atoms. The molecule has 1 saturated carbocycles. The van der Waals surface area contributed by atoms with Crippen LogP contribution in [-0.2, 0) is 13.0 Å². The number of ether oxygens (including phenoxy) is 2. The topological polar surface area (TPSA) is 74.9 Å². The molecule has 1 aliphatic carbocycles. The standard InChI is InChI=1S/C28H36ClN3O4/c1-15-13-16(2)30-26(33)21(15)14-32-12-11-20-22(27(32)34)17(3)24-25(23(20)29)36-28(4,35-24)18-7-9-19(10-8-18)31(5)6/h13,18-19H,7-12,14H2,1-6H3,(H,30,33)/t18?,19?,28-/m1/s1. The van der Waals surface area contributed by atoms with E-state index in [0.717, 1.165) is 48.1 Å². The molecule has 8 heteroatoms. The number of carbonyl (C=O) groups is 1. The number of nitrogens with zero attached hydrogens (tertiary/aromatic N) is 2. The van der Waals surface area contributed by atoms with E-state index < -0.39 is 5.79 Å². The molecular weight excluding hydrogens is 478 g/mol. The third-order valence-electron chi connectivity index (χ3n) is 8.44. The van der Waals surface area contributed by atoms with Gasteiger partial charge in [-0.15, -0.1) is 0 Å². The summed E-state index contributed by atoms with van der Waals surface area (Å²) in [5.74, 6) is 0.471. The molecule has 1 atom stereocenters. The number of amides is 1. The van der Waals surface area contributed by atoms with Crippen molar-refractivity contribution in [3.63, 3.8) is 0 Å². The van der Waals surface area contributed by atoms with Crippen LogP contribution in [0.2, 0.25) is 5.02 Å². The Bertz CT molecular complexity index is 1280. The van der Waals surface area contributed by atoms with Gasteiger partial charge in [0.1, 0.15) is 0 Å². The van der Waals surface area contributed by atoms with E-state index in [0.29, 0.717) is 46.7 Å². The summed E-state index contributed by atoms with van der Waals surface area (Å²) in [6, 6.07) is 2.52. The summed E-state index contributed by atoms with van der Waals surface area (Å²) in [7, 11) is 4.27. The van der Waals surface area contributed by atoms with E-state index in [1.54, 1.807) is 4.90 Å². The normalized spacial score (nSPS) is 25.4. The van der Waals surface area contributed by atoms with Gasteiger partial charge in [-0.25, -0.2) is 0 Å². The van der Waals surface area contributed by atoms with E-state index in [-0.39, 0.29) is 23.9 Å². The quantitative estimate of drug-likeness (QED) is 0.638. The molecule has 1 N–H and O–H groups in total. The van der Waals surface area contributed by atoms with Crippen LogP contribution in [0, 0.1) is 26.7 Å². The fourth-order valence-corrected chi connectivity index (χ4v) is 6.54. The number of fused-ring (bicyclic) bond motifs is 2. The molecule has 0 saturated heterocycles. The molecule has 5 rings (SSSR count). The summed E-state index contributed by atoms with van der Waals surface area (Å²) in [6.45, 7) is 8.44. The van der Waals surface area contributed by atoms with E-state index in [4.69, 9.17) is 21.1 Å². The first-order valence-electron chi connectivity index (χ1n) is 12.9. The van der Waals surface area contributed by atoms with Crippen molar-refractivity contribution in [2.45, 2.75) is 78.2 Å². The second-order valence-electron chi connectivity index (χ2n) is 11.1. The number of aryl methyl sites for hydroxylation is 2. The predicted octanol–water partition coefficient (Wildman–Crippen LogP) is 4.76. The summed E-state index contributed by atoms with van der Waals surface area (Å²) < 4.78 is 13.0. The zero-order valence-corrected chi connectivity index (χ0v) is 22.8. The molecule has 0 unspecified atom stereocenters. The Balaban J connectivity index is 1.43. The Kier molecular flexibility index (Phi) is 6.36. The maximum Gasteiger partial charge on any atom is 0.254 e. The zero-order chi connectivity index (χ0) is 25.9. The van der Waals surface area contributed by atoms with Crippen LogP contribution < -0.4 is 15.0 Å². The summed E-state index contributed by atoms with van der Waals surface area (Å²) in [5, 5.41) is 0.480. The van der Waals surface area contributed by atoms with Crippen molar-refractivity contribution >= 4 is 17.5 Å². The summed E-state index contributed by atoms with van der Waals surface area (Å²) in [5.41, 5.74) is 4.32. The van der Waals surface area contributed by atoms with Crippen molar-refractivity contribution in [1.29, 1.82) is 0 Å². The molecule has 0 radical (unpaired) electrons. The van der Waals surface area contributed by atoms with Crippen LogP contribution in [0.25, 0.3) is 0 Å². The zero-order valence-electron chi connectivity index (χ0n) is 22.1. The molecule has 3 heterocycles. The van der Waals surface area contributed by atoms with Crippen molar-refractivity contribution < 1.29 is 14.3 Å². The van der Waals surface area contributed by atoms with Crippen LogP contribution in [0.3, 0.4) is 0 Å². The van der Waals surface area contributed by atoms with Crippen LogP contribution in [0.4, 0.5) is 0 Å². The highest BCUT2D eigenvalue weighted by Crippen LogP contribution is 2.53. The number of aromatic nitrogens is 1. The average Bonchev–Trinajstić information content (AvgIpc) is 3.20. The third kappa shape index (κ3) is 4.10. The van der Waals surface area contributed by atoms with Crippen LogP contribution in [-0.4, -0.2) is 53.2 Å². The van der Waals surface area contributed by atoms with Crippen LogP contribution >= 0.6 is 11.6 Å².